The molecule has 0 aromatic carbocycles. The second-order valence-electron chi connectivity index (χ2n) is 4.23. The van der Waals surface area contributed by atoms with Crippen LogP contribution in [0.5, 0.6) is 0 Å². The van der Waals surface area contributed by atoms with E-state index in [1.165, 1.54) is 9.35 Å². The van der Waals surface area contributed by atoms with Crippen LogP contribution >= 0.6 is 38.9 Å². The first-order valence-electron chi connectivity index (χ1n) is 5.91. The molecule has 2 nitrogen and oxygen atoms in total. The predicted octanol–water partition coefficient (Wildman–Crippen LogP) is 3.73. The Morgan fingerprint density at radius 2 is 2.24 bits per heavy atom. The van der Waals surface area contributed by atoms with Gasteiger partial charge in [-0.05, 0) is 40.2 Å². The van der Waals surface area contributed by atoms with Crippen LogP contribution in [-0.2, 0) is 11.3 Å². The molecule has 17 heavy (non-hydrogen) atoms. The van der Waals surface area contributed by atoms with Crippen molar-refractivity contribution in [1.82, 2.24) is 4.90 Å². The van der Waals surface area contributed by atoms with Crippen LogP contribution in [0, 0.1) is 0 Å². The smallest absolute Gasteiger partial charge is 0.0605 e. The van der Waals surface area contributed by atoms with Crippen molar-refractivity contribution in [2.45, 2.75) is 25.5 Å². The highest BCUT2D eigenvalue weighted by Gasteiger charge is 2.20. The molecule has 1 aliphatic heterocycles. The first kappa shape index (κ1) is 13.8. The van der Waals surface area contributed by atoms with Crippen molar-refractivity contribution >= 4 is 38.9 Å². The minimum absolute atomic E-state index is 0.414. The summed E-state index contributed by atoms with van der Waals surface area (Å²) in [5.41, 5.74) is 0. The predicted molar refractivity (Wildman–Crippen MR) is 77.0 cm³/mol. The molecule has 0 spiro atoms. The molecule has 0 aliphatic carbocycles. The highest BCUT2D eigenvalue weighted by molar-refractivity contribution is 9.10. The van der Waals surface area contributed by atoms with Gasteiger partial charge in [0.25, 0.3) is 0 Å². The molecule has 1 saturated heterocycles. The second kappa shape index (κ2) is 7.10. The number of hydrogen-bond acceptors (Lipinski definition) is 3. The maximum Gasteiger partial charge on any atom is 0.0605 e. The first-order valence-corrected chi connectivity index (χ1v) is 8.12. The zero-order chi connectivity index (χ0) is 12.1. The summed E-state index contributed by atoms with van der Waals surface area (Å²) in [5, 5.41) is 2.13. The van der Waals surface area contributed by atoms with Gasteiger partial charge in [0.05, 0.1) is 12.7 Å². The minimum atomic E-state index is 0.414. The second-order valence-corrected chi connectivity index (χ2v) is 6.46. The molecule has 0 radical (unpaired) electrons. The summed E-state index contributed by atoms with van der Waals surface area (Å²) in [6.07, 6.45) is 2.66. The van der Waals surface area contributed by atoms with Crippen LogP contribution < -0.4 is 0 Å². The Kier molecular flexibility index (Phi) is 5.77. The van der Waals surface area contributed by atoms with Crippen LogP contribution in [0.4, 0.5) is 0 Å². The fraction of sp³-hybridized carbons (Fsp3) is 0.667. The van der Waals surface area contributed by atoms with Crippen molar-refractivity contribution in [3.8, 4) is 0 Å². The highest BCUT2D eigenvalue weighted by atomic mass is 79.9. The number of halogens is 2. The Balaban J connectivity index is 1.74. The maximum absolute atomic E-state index is 5.67. The van der Waals surface area contributed by atoms with E-state index in [-0.39, 0.29) is 0 Å². The van der Waals surface area contributed by atoms with E-state index in [0.717, 1.165) is 32.5 Å². The van der Waals surface area contributed by atoms with E-state index in [9.17, 15) is 0 Å². The third-order valence-corrected chi connectivity index (χ3v) is 5.09. The van der Waals surface area contributed by atoms with Crippen LogP contribution in [0.3, 0.4) is 0 Å². The van der Waals surface area contributed by atoms with Crippen LogP contribution in [0.15, 0.2) is 15.9 Å². The third-order valence-electron chi connectivity index (χ3n) is 3.02. The maximum atomic E-state index is 5.67. The standard InChI is InChI=1S/C12H17BrClNOS/c13-11-3-8-17-12(11)9-15-5-1-10(2-6-15)16-7-4-14/h3,8,10H,1-2,4-7,9H2. The van der Waals surface area contributed by atoms with E-state index in [0.29, 0.717) is 18.6 Å². The highest BCUT2D eigenvalue weighted by Crippen LogP contribution is 2.25. The van der Waals surface area contributed by atoms with Crippen LogP contribution in [0.2, 0.25) is 0 Å². The van der Waals surface area contributed by atoms with Crippen molar-refractivity contribution in [1.29, 1.82) is 0 Å². The van der Waals surface area contributed by atoms with Gasteiger partial charge in [-0.15, -0.1) is 22.9 Å². The monoisotopic (exact) mass is 337 g/mol. The van der Waals surface area contributed by atoms with Crippen molar-refractivity contribution in [3.05, 3.63) is 20.8 Å². The van der Waals surface area contributed by atoms with Gasteiger partial charge >= 0.3 is 0 Å². The summed E-state index contributed by atoms with van der Waals surface area (Å²) >= 11 is 11.0. The fourth-order valence-corrected chi connectivity index (χ4v) is 3.69. The lowest BCUT2D eigenvalue weighted by molar-refractivity contribution is 0.0136. The van der Waals surface area contributed by atoms with E-state index in [1.807, 2.05) is 11.3 Å². The Morgan fingerprint density at radius 3 is 2.82 bits per heavy atom. The molecule has 0 atom stereocenters. The molecule has 0 saturated carbocycles. The number of piperidine rings is 1. The summed E-state index contributed by atoms with van der Waals surface area (Å²) in [4.78, 5) is 3.92. The molecule has 2 rings (SSSR count). The molecule has 0 N–H and O–H groups in total. The normalized spacial score (nSPS) is 18.7. The van der Waals surface area contributed by atoms with Crippen LogP contribution in [0.25, 0.3) is 0 Å². The number of thiophene rings is 1. The molecule has 0 unspecified atom stereocenters. The molecule has 1 fully saturated rings. The quantitative estimate of drug-likeness (QED) is 0.759. The lowest BCUT2D eigenvalue weighted by atomic mass is 10.1. The number of nitrogens with zero attached hydrogens (tertiary/aromatic N) is 1. The van der Waals surface area contributed by atoms with Gasteiger partial charge in [-0.2, -0.15) is 0 Å². The number of likely N-dealkylation sites (tertiary alicyclic amines) is 1. The molecule has 0 amide bonds. The zero-order valence-corrected chi connectivity index (χ0v) is 12.9. The zero-order valence-electron chi connectivity index (χ0n) is 9.70. The van der Waals surface area contributed by atoms with Crippen molar-refractivity contribution in [2.75, 3.05) is 25.6 Å². The minimum Gasteiger partial charge on any atom is -0.377 e. The Hall–Kier alpha value is 0.390. The van der Waals surface area contributed by atoms with E-state index < -0.39 is 0 Å². The molecule has 5 heteroatoms. The first-order chi connectivity index (χ1) is 8.29. The number of hydrogen-bond donors (Lipinski definition) is 0. The average Bonchev–Trinajstić information content (AvgIpc) is 2.74. The lowest BCUT2D eigenvalue weighted by Crippen LogP contribution is -2.36. The van der Waals surface area contributed by atoms with Crippen LogP contribution in [0.1, 0.15) is 17.7 Å². The molecule has 2 heterocycles. The van der Waals surface area contributed by atoms with E-state index in [2.05, 4.69) is 32.3 Å². The molecular formula is C12H17BrClNOS. The summed E-state index contributed by atoms with van der Waals surface area (Å²) in [6, 6.07) is 2.12. The fourth-order valence-electron chi connectivity index (χ4n) is 2.09. The topological polar surface area (TPSA) is 12.5 Å². The summed E-state index contributed by atoms with van der Waals surface area (Å²) < 4.78 is 6.91. The van der Waals surface area contributed by atoms with Gasteiger partial charge in [-0.3, -0.25) is 4.90 Å². The van der Waals surface area contributed by atoms with Crippen LogP contribution in [-0.4, -0.2) is 36.6 Å². The summed E-state index contributed by atoms with van der Waals surface area (Å²) in [5.74, 6) is 0.600. The molecular weight excluding hydrogens is 322 g/mol. The van der Waals surface area contributed by atoms with Crippen molar-refractivity contribution in [3.63, 3.8) is 0 Å². The third kappa shape index (κ3) is 4.21. The number of ether oxygens (including phenoxy) is 1. The summed E-state index contributed by atoms with van der Waals surface area (Å²) in [6.45, 7) is 3.98. The van der Waals surface area contributed by atoms with E-state index >= 15 is 0 Å². The Bertz CT molecular complexity index is 339. The largest absolute Gasteiger partial charge is 0.377 e. The van der Waals surface area contributed by atoms with Gasteiger partial charge < -0.3 is 4.74 Å². The van der Waals surface area contributed by atoms with Gasteiger partial charge in [-0.25, -0.2) is 0 Å². The lowest BCUT2D eigenvalue weighted by Gasteiger charge is -2.31. The number of alkyl halides is 1. The number of rotatable bonds is 5. The van der Waals surface area contributed by atoms with Gasteiger partial charge in [0.1, 0.15) is 0 Å². The van der Waals surface area contributed by atoms with Crippen molar-refractivity contribution < 1.29 is 4.74 Å². The van der Waals surface area contributed by atoms with Gasteiger partial charge in [0.15, 0.2) is 0 Å². The van der Waals surface area contributed by atoms with E-state index in [1.54, 1.807) is 0 Å². The summed E-state index contributed by atoms with van der Waals surface area (Å²) in [7, 11) is 0. The molecule has 1 aromatic rings. The molecule has 96 valence electrons. The average molecular weight is 339 g/mol. The Morgan fingerprint density at radius 1 is 1.47 bits per heavy atom. The van der Waals surface area contributed by atoms with E-state index in [4.69, 9.17) is 16.3 Å². The van der Waals surface area contributed by atoms with Gasteiger partial charge in [0.2, 0.25) is 0 Å². The molecule has 1 aliphatic rings. The van der Waals surface area contributed by atoms with Gasteiger partial charge in [-0.1, -0.05) is 0 Å². The van der Waals surface area contributed by atoms with Gasteiger partial charge in [0, 0.05) is 34.9 Å². The molecule has 1 aromatic heterocycles. The molecule has 0 bridgehead atoms. The SMILES string of the molecule is ClCCOC1CCN(Cc2sccc2Br)CC1. The Labute approximate surface area is 120 Å². The van der Waals surface area contributed by atoms with Crippen molar-refractivity contribution in [2.24, 2.45) is 0 Å².